The second kappa shape index (κ2) is 9.09. The molecule has 1 heterocycles. The van der Waals surface area contributed by atoms with Crippen LogP contribution < -0.4 is 27.0 Å². The molecule has 5 N–H and O–H groups in total. The van der Waals surface area contributed by atoms with Gasteiger partial charge in [-0.2, -0.15) is 0 Å². The first-order valence-electron chi connectivity index (χ1n) is 8.25. The molecule has 0 aliphatic rings. The Balaban J connectivity index is 2.00. The van der Waals surface area contributed by atoms with E-state index in [-0.39, 0.29) is 29.5 Å². The normalized spacial score (nSPS) is 11.5. The monoisotopic (exact) mass is 410 g/mol. The summed E-state index contributed by atoms with van der Waals surface area (Å²) in [7, 11) is 0. The zero-order valence-corrected chi connectivity index (χ0v) is 15.9. The smallest absolute Gasteiger partial charge is 0.338 e. The minimum Gasteiger partial charge on any atom is -0.490 e. The average molecular weight is 411 g/mol. The Bertz CT molecular complexity index is 1000. The van der Waals surface area contributed by atoms with E-state index in [0.717, 1.165) is 0 Å². The Morgan fingerprint density at radius 1 is 1.29 bits per heavy atom. The summed E-state index contributed by atoms with van der Waals surface area (Å²) < 4.78 is 10.4. The molecule has 0 radical (unpaired) electrons. The van der Waals surface area contributed by atoms with Gasteiger partial charge >= 0.3 is 11.7 Å². The number of esters is 1. The van der Waals surface area contributed by atoms with Crippen LogP contribution in [0.4, 0.5) is 5.69 Å². The van der Waals surface area contributed by atoms with E-state index in [1.807, 2.05) is 4.98 Å². The molecule has 1 amide bonds. The summed E-state index contributed by atoms with van der Waals surface area (Å²) in [5.41, 5.74) is 3.36. The molecule has 0 aliphatic carbocycles. The van der Waals surface area contributed by atoms with Crippen LogP contribution in [0.2, 0.25) is 5.02 Å². The quantitative estimate of drug-likeness (QED) is 0.488. The van der Waals surface area contributed by atoms with Crippen molar-refractivity contribution in [2.45, 2.75) is 19.9 Å². The van der Waals surface area contributed by atoms with E-state index >= 15 is 0 Å². The number of nitrogens with two attached hydrogens (primary N) is 1. The van der Waals surface area contributed by atoms with Gasteiger partial charge < -0.3 is 25.5 Å². The van der Waals surface area contributed by atoms with Crippen molar-refractivity contribution in [1.82, 2.24) is 15.3 Å². The molecule has 1 atom stereocenters. The van der Waals surface area contributed by atoms with Crippen molar-refractivity contribution >= 4 is 29.2 Å². The number of halogens is 1. The minimum atomic E-state index is -0.855. The Kier molecular flexibility index (Phi) is 6.83. The zero-order chi connectivity index (χ0) is 20.8. The van der Waals surface area contributed by atoms with Gasteiger partial charge in [-0.3, -0.25) is 14.6 Å². The lowest BCUT2D eigenvalue weighted by molar-refractivity contribution is 0.0526. The van der Waals surface area contributed by atoms with Crippen LogP contribution in [-0.2, 0) is 4.74 Å². The third-order valence-corrected chi connectivity index (χ3v) is 3.81. The van der Waals surface area contributed by atoms with Gasteiger partial charge in [0.1, 0.15) is 23.7 Å². The zero-order valence-electron chi connectivity index (χ0n) is 15.1. The highest BCUT2D eigenvalue weighted by Gasteiger charge is 2.17. The number of amides is 1. The maximum atomic E-state index is 12.2. The predicted molar refractivity (Wildman–Crippen MR) is 102 cm³/mol. The lowest BCUT2D eigenvalue weighted by atomic mass is 10.2. The number of aromatic amines is 2. The van der Waals surface area contributed by atoms with E-state index in [0.29, 0.717) is 5.75 Å². The number of ether oxygens (including phenoxy) is 2. The second-order valence-electron chi connectivity index (χ2n) is 5.75. The van der Waals surface area contributed by atoms with Crippen LogP contribution in [0, 0.1) is 0 Å². The number of rotatable bonds is 7. The lowest BCUT2D eigenvalue weighted by Crippen LogP contribution is -2.40. The molecule has 0 bridgehead atoms. The van der Waals surface area contributed by atoms with Crippen molar-refractivity contribution in [1.29, 1.82) is 0 Å². The van der Waals surface area contributed by atoms with Crippen LogP contribution in [0.25, 0.3) is 0 Å². The number of benzene rings is 1. The molecule has 0 spiro atoms. The summed E-state index contributed by atoms with van der Waals surface area (Å²) in [5.74, 6) is -0.929. The molecule has 10 nitrogen and oxygen atoms in total. The molecule has 2 aromatic rings. The summed E-state index contributed by atoms with van der Waals surface area (Å²) >= 11 is 6.10. The van der Waals surface area contributed by atoms with Gasteiger partial charge in [0.05, 0.1) is 23.2 Å². The van der Waals surface area contributed by atoms with Gasteiger partial charge in [-0.15, -0.1) is 0 Å². The fourth-order valence-electron chi connectivity index (χ4n) is 2.19. The maximum absolute atomic E-state index is 12.2. The molecule has 1 aromatic heterocycles. The number of aromatic nitrogens is 2. The van der Waals surface area contributed by atoms with Gasteiger partial charge in [0.2, 0.25) is 0 Å². The molecular formula is C17H19ClN4O6. The number of carbonyl (C=O) groups excluding carboxylic acids is 2. The third-order valence-electron chi connectivity index (χ3n) is 3.52. The lowest BCUT2D eigenvalue weighted by Gasteiger charge is -2.16. The molecule has 150 valence electrons. The highest BCUT2D eigenvalue weighted by molar-refractivity contribution is 6.32. The van der Waals surface area contributed by atoms with Gasteiger partial charge in [-0.05, 0) is 32.0 Å². The fourth-order valence-corrected chi connectivity index (χ4v) is 2.42. The van der Waals surface area contributed by atoms with Gasteiger partial charge in [0.25, 0.3) is 11.5 Å². The summed E-state index contributed by atoms with van der Waals surface area (Å²) in [5, 5.41) is 2.74. The molecule has 0 fully saturated rings. The van der Waals surface area contributed by atoms with E-state index in [2.05, 4.69) is 10.3 Å². The van der Waals surface area contributed by atoms with E-state index in [4.69, 9.17) is 26.8 Å². The maximum Gasteiger partial charge on any atom is 0.338 e. The second-order valence-corrected chi connectivity index (χ2v) is 6.16. The van der Waals surface area contributed by atoms with E-state index in [9.17, 15) is 19.2 Å². The number of hydrogen-bond acceptors (Lipinski definition) is 7. The van der Waals surface area contributed by atoms with Crippen molar-refractivity contribution < 1.29 is 19.1 Å². The van der Waals surface area contributed by atoms with Crippen molar-refractivity contribution in [2.75, 3.05) is 18.9 Å². The van der Waals surface area contributed by atoms with Crippen molar-refractivity contribution in [3.05, 3.63) is 55.3 Å². The predicted octanol–water partition coefficient (Wildman–Crippen LogP) is 0.673. The number of carbonyl (C=O) groups is 2. The van der Waals surface area contributed by atoms with Crippen LogP contribution in [0.15, 0.2) is 27.8 Å². The standard InChI is InChI=1S/C17H19ClN4O6/c1-3-27-16(25)9-4-5-11(10(18)6-9)28-7-8(2)20-15(24)13-12(19)14(23)22-17(26)21-13/h4-6,8H,3,7,19H2,1-2H3,(H,20,24)(H2,21,22,23,26). The Labute approximate surface area is 164 Å². The number of H-pyrrole nitrogens is 2. The Morgan fingerprint density at radius 3 is 2.64 bits per heavy atom. The van der Waals surface area contributed by atoms with E-state index < -0.39 is 34.9 Å². The summed E-state index contributed by atoms with van der Waals surface area (Å²) in [6.07, 6.45) is 0. The first-order chi connectivity index (χ1) is 13.2. The average Bonchev–Trinajstić information content (AvgIpc) is 2.63. The Morgan fingerprint density at radius 2 is 2.00 bits per heavy atom. The minimum absolute atomic E-state index is 0.0253. The number of nitrogen functional groups attached to an aromatic ring is 1. The first kappa shape index (κ1) is 21.0. The van der Waals surface area contributed by atoms with Crippen LogP contribution in [0.3, 0.4) is 0 Å². The van der Waals surface area contributed by atoms with Gasteiger partial charge in [-0.25, -0.2) is 9.59 Å². The van der Waals surface area contributed by atoms with Crippen LogP contribution >= 0.6 is 11.6 Å². The third kappa shape index (κ3) is 5.13. The summed E-state index contributed by atoms with van der Waals surface area (Å²) in [4.78, 5) is 50.7. The molecule has 0 saturated carbocycles. The van der Waals surface area contributed by atoms with Gasteiger partial charge in [0, 0.05) is 0 Å². The molecular weight excluding hydrogens is 392 g/mol. The van der Waals surface area contributed by atoms with Gasteiger partial charge in [-0.1, -0.05) is 11.6 Å². The highest BCUT2D eigenvalue weighted by atomic mass is 35.5. The highest BCUT2D eigenvalue weighted by Crippen LogP contribution is 2.26. The molecule has 11 heteroatoms. The first-order valence-corrected chi connectivity index (χ1v) is 8.63. The van der Waals surface area contributed by atoms with E-state index in [1.54, 1.807) is 13.8 Å². The van der Waals surface area contributed by atoms with E-state index in [1.165, 1.54) is 18.2 Å². The molecule has 1 unspecified atom stereocenters. The Hall–Kier alpha value is -3.27. The number of hydrogen-bond donors (Lipinski definition) is 4. The largest absolute Gasteiger partial charge is 0.490 e. The molecule has 0 aliphatic heterocycles. The van der Waals surface area contributed by atoms with Crippen LogP contribution in [0.5, 0.6) is 5.75 Å². The van der Waals surface area contributed by atoms with Crippen molar-refractivity contribution in [3.8, 4) is 5.75 Å². The van der Waals surface area contributed by atoms with Crippen molar-refractivity contribution in [2.24, 2.45) is 0 Å². The SMILES string of the molecule is CCOC(=O)c1ccc(OCC(C)NC(=O)c2[nH]c(=O)[nH]c(=O)c2N)c(Cl)c1. The molecule has 1 aromatic carbocycles. The molecule has 0 saturated heterocycles. The summed E-state index contributed by atoms with van der Waals surface area (Å²) in [6.45, 7) is 3.61. The number of nitrogens with one attached hydrogen (secondary N) is 3. The summed E-state index contributed by atoms with van der Waals surface area (Å²) in [6, 6.07) is 3.91. The number of anilines is 1. The van der Waals surface area contributed by atoms with Gasteiger partial charge in [0.15, 0.2) is 0 Å². The molecule has 28 heavy (non-hydrogen) atoms. The van der Waals surface area contributed by atoms with Crippen LogP contribution in [-0.4, -0.2) is 41.1 Å². The molecule has 2 rings (SSSR count). The topological polar surface area (TPSA) is 156 Å². The van der Waals surface area contributed by atoms with Crippen LogP contribution in [0.1, 0.15) is 34.7 Å². The van der Waals surface area contributed by atoms with Crippen molar-refractivity contribution in [3.63, 3.8) is 0 Å². The fraction of sp³-hybridized carbons (Fsp3) is 0.294.